The third-order valence-corrected chi connectivity index (χ3v) is 5.70. The number of carbonyl (C=O) groups excluding carboxylic acids is 1. The van der Waals surface area contributed by atoms with Gasteiger partial charge in [-0.3, -0.25) is 4.79 Å². The molecule has 0 radical (unpaired) electrons. The molecule has 0 bridgehead atoms. The summed E-state index contributed by atoms with van der Waals surface area (Å²) in [5.41, 5.74) is 14.2. The van der Waals surface area contributed by atoms with Crippen LogP contribution in [0.3, 0.4) is 0 Å². The fourth-order valence-electron chi connectivity index (χ4n) is 3.35. The zero-order valence-corrected chi connectivity index (χ0v) is 18.0. The quantitative estimate of drug-likeness (QED) is 0.379. The molecule has 0 aliphatic heterocycles. The minimum Gasteiger partial charge on any atom is -0.405 e. The van der Waals surface area contributed by atoms with Crippen LogP contribution < -0.4 is 21.5 Å². The summed E-state index contributed by atoms with van der Waals surface area (Å²) in [5.74, 6) is -0.687. The van der Waals surface area contributed by atoms with Crippen molar-refractivity contribution in [3.8, 4) is 16.9 Å². The first-order chi connectivity index (χ1) is 15.6. The van der Waals surface area contributed by atoms with E-state index in [0.717, 1.165) is 15.8 Å². The van der Waals surface area contributed by atoms with E-state index >= 15 is 0 Å². The van der Waals surface area contributed by atoms with Crippen molar-refractivity contribution in [2.45, 2.75) is 19.3 Å². The number of aromatic nitrogens is 2. The third-order valence-electron chi connectivity index (χ3n) is 4.86. The molecule has 170 valence electrons. The molecule has 5 N–H and O–H groups in total. The molecule has 2 heterocycles. The van der Waals surface area contributed by atoms with Crippen molar-refractivity contribution < 1.29 is 22.7 Å². The monoisotopic (exact) mass is 473 g/mol. The molecule has 4 rings (SSSR count). The predicted molar refractivity (Wildman–Crippen MR) is 121 cm³/mol. The lowest BCUT2D eigenvalue weighted by Gasteiger charge is -2.19. The number of amides is 1. The number of para-hydroxylation sites is 1. The first-order valence-corrected chi connectivity index (χ1v) is 10.5. The molecule has 0 aliphatic carbocycles. The molecule has 2 aromatic carbocycles. The van der Waals surface area contributed by atoms with E-state index in [-0.39, 0.29) is 22.7 Å². The topological polar surface area (TPSA) is 116 Å². The van der Waals surface area contributed by atoms with Gasteiger partial charge < -0.3 is 21.5 Å². The second-order valence-corrected chi connectivity index (χ2v) is 8.23. The number of hydrogen-bond donors (Lipinski definition) is 3. The number of alkyl halides is 3. The number of nitrogens with two attached hydrogens (primary N) is 2. The van der Waals surface area contributed by atoms with E-state index in [9.17, 15) is 18.0 Å². The predicted octanol–water partition coefficient (Wildman–Crippen LogP) is 4.91. The van der Waals surface area contributed by atoms with Gasteiger partial charge in [0.1, 0.15) is 11.6 Å². The Morgan fingerprint density at radius 2 is 1.91 bits per heavy atom. The van der Waals surface area contributed by atoms with E-state index in [4.69, 9.17) is 11.5 Å². The van der Waals surface area contributed by atoms with Crippen LogP contribution in [0, 0.1) is 0 Å². The number of nitrogens with one attached hydrogen (secondary N) is 1. The van der Waals surface area contributed by atoms with Gasteiger partial charge in [-0.1, -0.05) is 35.6 Å². The maximum atomic E-state index is 12.9. The van der Waals surface area contributed by atoms with Crippen LogP contribution in [-0.4, -0.2) is 22.2 Å². The van der Waals surface area contributed by atoms with Gasteiger partial charge in [-0.05, 0) is 36.8 Å². The smallest absolute Gasteiger partial charge is 0.405 e. The number of anilines is 2. The molecule has 0 saturated heterocycles. The molecule has 0 aliphatic rings. The second kappa shape index (κ2) is 8.58. The lowest BCUT2D eigenvalue weighted by Crippen LogP contribution is -2.28. The number of hydrogen-bond acceptors (Lipinski definition) is 7. The zero-order chi connectivity index (χ0) is 23.8. The lowest BCUT2D eigenvalue weighted by molar-refractivity contribution is -0.275. The number of nitrogens with zero attached hydrogens (tertiary/aromatic N) is 2. The van der Waals surface area contributed by atoms with Gasteiger partial charge in [0.05, 0.1) is 21.8 Å². The molecule has 33 heavy (non-hydrogen) atoms. The Kier molecular flexibility index (Phi) is 5.81. The fourth-order valence-corrected chi connectivity index (χ4v) is 4.13. The van der Waals surface area contributed by atoms with E-state index in [0.29, 0.717) is 10.7 Å². The zero-order valence-electron chi connectivity index (χ0n) is 17.2. The van der Waals surface area contributed by atoms with Crippen LogP contribution >= 0.6 is 11.3 Å². The van der Waals surface area contributed by atoms with Crippen LogP contribution in [0.5, 0.6) is 5.75 Å². The maximum absolute atomic E-state index is 12.9. The number of halogens is 3. The number of rotatable bonds is 5. The highest BCUT2D eigenvalue weighted by molar-refractivity contribution is 7.22. The van der Waals surface area contributed by atoms with Crippen LogP contribution in [0.15, 0.2) is 54.7 Å². The van der Waals surface area contributed by atoms with Crippen molar-refractivity contribution in [1.29, 1.82) is 0 Å². The summed E-state index contributed by atoms with van der Waals surface area (Å²) in [6, 6.07) is 11.9. The number of ether oxygens (including phenoxy) is 1. The molecule has 0 fully saturated rings. The normalized spacial score (nSPS) is 12.5. The van der Waals surface area contributed by atoms with Gasteiger partial charge in [0.25, 0.3) is 5.91 Å². The highest BCUT2D eigenvalue weighted by atomic mass is 32.1. The van der Waals surface area contributed by atoms with Crippen molar-refractivity contribution in [3.63, 3.8) is 0 Å². The average molecular weight is 473 g/mol. The molecule has 1 amide bonds. The molecule has 1 unspecified atom stereocenters. The van der Waals surface area contributed by atoms with Crippen LogP contribution in [0.25, 0.3) is 21.3 Å². The van der Waals surface area contributed by atoms with E-state index in [2.05, 4.69) is 20.0 Å². The van der Waals surface area contributed by atoms with Crippen molar-refractivity contribution in [2.75, 3.05) is 11.5 Å². The summed E-state index contributed by atoms with van der Waals surface area (Å²) in [7, 11) is 0. The Labute approximate surface area is 190 Å². The number of carbonyl (C=O) groups is 1. The largest absolute Gasteiger partial charge is 0.573 e. The molecule has 4 aromatic rings. The van der Waals surface area contributed by atoms with Gasteiger partial charge in [-0.15, -0.1) is 13.2 Å². The lowest BCUT2D eigenvalue weighted by atomic mass is 10.0. The van der Waals surface area contributed by atoms with Crippen LogP contribution in [0.4, 0.5) is 24.1 Å². The van der Waals surface area contributed by atoms with Gasteiger partial charge in [-0.2, -0.15) is 0 Å². The van der Waals surface area contributed by atoms with Crippen molar-refractivity contribution >= 4 is 38.4 Å². The average Bonchev–Trinajstić information content (AvgIpc) is 3.12. The third kappa shape index (κ3) is 4.98. The highest BCUT2D eigenvalue weighted by Crippen LogP contribution is 2.33. The van der Waals surface area contributed by atoms with Gasteiger partial charge in [0, 0.05) is 17.3 Å². The van der Waals surface area contributed by atoms with Crippen LogP contribution in [-0.2, 0) is 0 Å². The van der Waals surface area contributed by atoms with E-state index < -0.39 is 18.3 Å². The fraction of sp³-hybridized carbons (Fsp3) is 0.136. The standard InChI is InChI=1S/C22H18F3N5O2S/c1-11(14-4-2-3-5-17(14)32-22(23,24)25)29-20(31)13-8-15(19(26)28-10-13)12-6-7-16-18(9-12)33-21(27)30-16/h2-11H,1H3,(H2,26,28)(H2,27,30)(H,29,31). The highest BCUT2D eigenvalue weighted by Gasteiger charge is 2.32. The summed E-state index contributed by atoms with van der Waals surface area (Å²) >= 11 is 1.32. The maximum Gasteiger partial charge on any atom is 0.573 e. The minimum absolute atomic E-state index is 0.181. The molecule has 2 aromatic heterocycles. The summed E-state index contributed by atoms with van der Waals surface area (Å²) in [4.78, 5) is 21.2. The van der Waals surface area contributed by atoms with Gasteiger partial charge >= 0.3 is 6.36 Å². The molecule has 0 saturated carbocycles. The Morgan fingerprint density at radius 3 is 2.67 bits per heavy atom. The Hall–Kier alpha value is -3.86. The first-order valence-electron chi connectivity index (χ1n) is 9.68. The van der Waals surface area contributed by atoms with Gasteiger partial charge in [0.15, 0.2) is 5.13 Å². The van der Waals surface area contributed by atoms with Crippen molar-refractivity contribution in [3.05, 3.63) is 65.9 Å². The summed E-state index contributed by atoms with van der Waals surface area (Å²) in [6.45, 7) is 1.56. The molecular weight excluding hydrogens is 455 g/mol. The number of thiazole rings is 1. The number of benzene rings is 2. The van der Waals surface area contributed by atoms with Gasteiger partial charge in [-0.25, -0.2) is 9.97 Å². The van der Waals surface area contributed by atoms with Gasteiger partial charge in [0.2, 0.25) is 0 Å². The molecular formula is C22H18F3N5O2S. The molecule has 7 nitrogen and oxygen atoms in total. The molecule has 1 atom stereocenters. The summed E-state index contributed by atoms with van der Waals surface area (Å²) in [6.07, 6.45) is -3.54. The summed E-state index contributed by atoms with van der Waals surface area (Å²) in [5, 5.41) is 3.11. The first kappa shape index (κ1) is 22.3. The second-order valence-electron chi connectivity index (χ2n) is 7.17. The van der Waals surface area contributed by atoms with E-state index in [1.54, 1.807) is 31.2 Å². The van der Waals surface area contributed by atoms with E-state index in [1.807, 2.05) is 6.07 Å². The van der Waals surface area contributed by atoms with Crippen LogP contribution in [0.1, 0.15) is 28.9 Å². The molecule has 11 heteroatoms. The van der Waals surface area contributed by atoms with E-state index in [1.165, 1.54) is 35.7 Å². The summed E-state index contributed by atoms with van der Waals surface area (Å²) < 4.78 is 43.1. The SMILES string of the molecule is CC(NC(=O)c1cnc(N)c(-c2ccc3nc(N)sc3c2)c1)c1ccccc1OC(F)(F)F. The van der Waals surface area contributed by atoms with Crippen molar-refractivity contribution in [1.82, 2.24) is 15.3 Å². The minimum atomic E-state index is -4.85. The Morgan fingerprint density at radius 1 is 1.15 bits per heavy atom. The van der Waals surface area contributed by atoms with Crippen molar-refractivity contribution in [2.24, 2.45) is 0 Å². The molecule has 0 spiro atoms. The number of fused-ring (bicyclic) bond motifs is 1. The van der Waals surface area contributed by atoms with Crippen LogP contribution in [0.2, 0.25) is 0 Å². The Balaban J connectivity index is 1.59. The number of nitrogen functional groups attached to an aromatic ring is 2. The number of pyridine rings is 1. The Bertz CT molecular complexity index is 1340.